The van der Waals surface area contributed by atoms with Crippen molar-refractivity contribution in [3.63, 3.8) is 0 Å². The van der Waals surface area contributed by atoms with Crippen LogP contribution in [0, 0.1) is 0 Å². The molecule has 4 nitrogen and oxygen atoms in total. The first-order chi connectivity index (χ1) is 15.5. The quantitative estimate of drug-likeness (QED) is 0.269. The summed E-state index contributed by atoms with van der Waals surface area (Å²) in [5, 5.41) is 0.845. The SMILES string of the molecule is COc1cc(/C=C2\SC(=S)N(c3ccc(Cl)cc3Cl)C2=O)ccc1OCc1ccccc1. The number of nitrogens with zero attached hydrogens (tertiary/aromatic N) is 1. The number of methoxy groups -OCH3 is 1. The van der Waals surface area contributed by atoms with Gasteiger partial charge in [-0.2, -0.15) is 0 Å². The molecule has 1 saturated heterocycles. The van der Waals surface area contributed by atoms with Crippen molar-refractivity contribution in [3.8, 4) is 11.5 Å². The molecule has 3 aromatic rings. The minimum atomic E-state index is -0.243. The normalized spacial score (nSPS) is 14.8. The molecular formula is C24H17Cl2NO3S2. The third kappa shape index (κ3) is 4.94. The van der Waals surface area contributed by atoms with Crippen LogP contribution in [0.4, 0.5) is 5.69 Å². The molecule has 0 N–H and O–H groups in total. The van der Waals surface area contributed by atoms with Crippen LogP contribution in [0.3, 0.4) is 0 Å². The zero-order valence-corrected chi connectivity index (χ0v) is 20.0. The third-order valence-electron chi connectivity index (χ3n) is 4.67. The molecule has 32 heavy (non-hydrogen) atoms. The third-order valence-corrected chi connectivity index (χ3v) is 6.51. The highest BCUT2D eigenvalue weighted by molar-refractivity contribution is 8.27. The maximum absolute atomic E-state index is 13.0. The number of thiocarbonyl (C=S) groups is 1. The van der Waals surface area contributed by atoms with Crippen molar-refractivity contribution in [1.82, 2.24) is 0 Å². The highest BCUT2D eigenvalue weighted by Crippen LogP contribution is 2.40. The summed E-state index contributed by atoms with van der Waals surface area (Å²) in [5.74, 6) is 0.951. The average molecular weight is 502 g/mol. The lowest BCUT2D eigenvalue weighted by molar-refractivity contribution is -0.113. The summed E-state index contributed by atoms with van der Waals surface area (Å²) in [5.41, 5.74) is 2.35. The van der Waals surface area contributed by atoms with Gasteiger partial charge in [0.05, 0.1) is 22.7 Å². The molecule has 0 unspecified atom stereocenters. The van der Waals surface area contributed by atoms with E-state index in [4.69, 9.17) is 44.9 Å². The molecule has 0 aromatic heterocycles. The summed E-state index contributed by atoms with van der Waals surface area (Å²) >= 11 is 18.9. The number of carbonyl (C=O) groups excluding carboxylic acids is 1. The summed E-state index contributed by atoms with van der Waals surface area (Å²) in [4.78, 5) is 14.9. The van der Waals surface area contributed by atoms with E-state index < -0.39 is 0 Å². The molecule has 3 aromatic carbocycles. The van der Waals surface area contributed by atoms with E-state index in [0.717, 1.165) is 11.1 Å². The van der Waals surface area contributed by atoms with Gasteiger partial charge in [0, 0.05) is 5.02 Å². The van der Waals surface area contributed by atoms with Crippen LogP contribution in [-0.4, -0.2) is 17.3 Å². The zero-order valence-electron chi connectivity index (χ0n) is 16.9. The molecule has 8 heteroatoms. The van der Waals surface area contributed by atoms with E-state index in [0.29, 0.717) is 43.1 Å². The molecule has 0 saturated carbocycles. The summed E-state index contributed by atoms with van der Waals surface area (Å²) in [7, 11) is 1.58. The Morgan fingerprint density at radius 1 is 1.03 bits per heavy atom. The second kappa shape index (κ2) is 9.96. The molecule has 0 spiro atoms. The second-order valence-corrected chi connectivity index (χ2v) is 9.32. The average Bonchev–Trinajstić information content (AvgIpc) is 3.06. The van der Waals surface area contributed by atoms with E-state index in [-0.39, 0.29) is 5.91 Å². The van der Waals surface area contributed by atoms with Crippen LogP contribution >= 0.6 is 47.2 Å². The van der Waals surface area contributed by atoms with E-state index in [9.17, 15) is 4.79 Å². The zero-order chi connectivity index (χ0) is 22.7. The standard InChI is InChI=1S/C24H17Cl2NO3S2/c1-29-21-11-16(7-10-20(21)30-14-15-5-3-2-4-6-15)12-22-23(28)27(24(31)32-22)19-9-8-17(25)13-18(19)26/h2-13H,14H2,1H3/b22-12-. The van der Waals surface area contributed by atoms with Gasteiger partial charge in [-0.15, -0.1) is 0 Å². The number of amides is 1. The van der Waals surface area contributed by atoms with E-state index in [1.165, 1.54) is 16.7 Å². The Morgan fingerprint density at radius 3 is 2.53 bits per heavy atom. The lowest BCUT2D eigenvalue weighted by Crippen LogP contribution is -2.27. The van der Waals surface area contributed by atoms with Gasteiger partial charge in [0.25, 0.3) is 5.91 Å². The Balaban J connectivity index is 1.55. The van der Waals surface area contributed by atoms with Crippen molar-refractivity contribution in [2.75, 3.05) is 12.0 Å². The number of thioether (sulfide) groups is 1. The van der Waals surface area contributed by atoms with Crippen molar-refractivity contribution < 1.29 is 14.3 Å². The van der Waals surface area contributed by atoms with Crippen LogP contribution in [0.25, 0.3) is 6.08 Å². The van der Waals surface area contributed by atoms with Gasteiger partial charge in [0.1, 0.15) is 6.61 Å². The first-order valence-corrected chi connectivity index (χ1v) is 11.5. The fourth-order valence-electron chi connectivity index (χ4n) is 3.12. The Hall–Kier alpha value is -2.51. The largest absolute Gasteiger partial charge is 0.493 e. The number of anilines is 1. The first-order valence-electron chi connectivity index (χ1n) is 9.54. The van der Waals surface area contributed by atoms with Crippen LogP contribution < -0.4 is 14.4 Å². The molecule has 1 heterocycles. The molecule has 1 aliphatic heterocycles. The van der Waals surface area contributed by atoms with Gasteiger partial charge in [0.2, 0.25) is 0 Å². The van der Waals surface area contributed by atoms with Crippen molar-refractivity contribution >= 4 is 69.2 Å². The van der Waals surface area contributed by atoms with Gasteiger partial charge in [-0.3, -0.25) is 9.69 Å². The summed E-state index contributed by atoms with van der Waals surface area (Å²) in [6.07, 6.45) is 1.77. The van der Waals surface area contributed by atoms with Gasteiger partial charge in [-0.25, -0.2) is 0 Å². The van der Waals surface area contributed by atoms with E-state index >= 15 is 0 Å². The lowest BCUT2D eigenvalue weighted by atomic mass is 10.1. The number of hydrogen-bond acceptors (Lipinski definition) is 5. The van der Waals surface area contributed by atoms with Crippen LogP contribution in [-0.2, 0) is 11.4 Å². The molecular weight excluding hydrogens is 485 g/mol. The number of carbonyl (C=O) groups is 1. The van der Waals surface area contributed by atoms with Gasteiger partial charge in [-0.1, -0.05) is 83.6 Å². The van der Waals surface area contributed by atoms with Gasteiger partial charge in [0.15, 0.2) is 15.8 Å². The van der Waals surface area contributed by atoms with Crippen molar-refractivity contribution in [3.05, 3.63) is 92.8 Å². The monoisotopic (exact) mass is 501 g/mol. The van der Waals surface area contributed by atoms with Gasteiger partial charge in [-0.05, 0) is 47.5 Å². The smallest absolute Gasteiger partial charge is 0.270 e. The maximum atomic E-state index is 13.0. The Morgan fingerprint density at radius 2 is 1.81 bits per heavy atom. The predicted octanol–water partition coefficient (Wildman–Crippen LogP) is 6.99. The maximum Gasteiger partial charge on any atom is 0.270 e. The Bertz CT molecular complexity index is 1220. The minimum absolute atomic E-state index is 0.243. The molecule has 1 amide bonds. The number of rotatable bonds is 6. The van der Waals surface area contributed by atoms with Crippen LogP contribution in [0.15, 0.2) is 71.6 Å². The van der Waals surface area contributed by atoms with Gasteiger partial charge >= 0.3 is 0 Å². The number of ether oxygens (including phenoxy) is 2. The molecule has 162 valence electrons. The topological polar surface area (TPSA) is 38.8 Å². The van der Waals surface area contributed by atoms with Crippen molar-refractivity contribution in [2.45, 2.75) is 6.61 Å². The number of hydrogen-bond donors (Lipinski definition) is 0. The van der Waals surface area contributed by atoms with Crippen molar-refractivity contribution in [1.29, 1.82) is 0 Å². The molecule has 0 atom stereocenters. The highest BCUT2D eigenvalue weighted by atomic mass is 35.5. The Labute approximate surface area is 205 Å². The lowest BCUT2D eigenvalue weighted by Gasteiger charge is -2.16. The highest BCUT2D eigenvalue weighted by Gasteiger charge is 2.34. The summed E-state index contributed by atoms with van der Waals surface area (Å²) < 4.78 is 11.8. The summed E-state index contributed by atoms with van der Waals surface area (Å²) in [6, 6.07) is 20.3. The first kappa shape index (κ1) is 22.7. The minimum Gasteiger partial charge on any atom is -0.493 e. The number of halogens is 2. The molecule has 1 fully saturated rings. The van der Waals surface area contributed by atoms with Crippen LogP contribution in [0.5, 0.6) is 11.5 Å². The second-order valence-electron chi connectivity index (χ2n) is 6.80. The van der Waals surface area contributed by atoms with E-state index in [1.54, 1.807) is 31.4 Å². The van der Waals surface area contributed by atoms with Gasteiger partial charge < -0.3 is 9.47 Å². The predicted molar refractivity (Wildman–Crippen MR) is 136 cm³/mol. The Kier molecular flexibility index (Phi) is 7.06. The van der Waals surface area contributed by atoms with Crippen LogP contribution in [0.2, 0.25) is 10.0 Å². The van der Waals surface area contributed by atoms with E-state index in [2.05, 4.69) is 0 Å². The summed E-state index contributed by atoms with van der Waals surface area (Å²) in [6.45, 7) is 0.428. The van der Waals surface area contributed by atoms with Crippen molar-refractivity contribution in [2.24, 2.45) is 0 Å². The van der Waals surface area contributed by atoms with Crippen LogP contribution in [0.1, 0.15) is 11.1 Å². The number of benzene rings is 3. The fraction of sp³-hybridized carbons (Fsp3) is 0.0833. The molecule has 0 aliphatic carbocycles. The molecule has 0 bridgehead atoms. The van der Waals surface area contributed by atoms with E-state index in [1.807, 2.05) is 48.5 Å². The molecule has 0 radical (unpaired) electrons. The molecule has 4 rings (SSSR count). The molecule has 1 aliphatic rings. The fourth-order valence-corrected chi connectivity index (χ4v) is 4.90.